The fourth-order valence-electron chi connectivity index (χ4n) is 4.59. The Morgan fingerprint density at radius 1 is 0.886 bits per heavy atom. The number of benzene rings is 2. The van der Waals surface area contributed by atoms with Gasteiger partial charge in [0.05, 0.1) is 33.7 Å². The molecule has 1 fully saturated rings. The summed E-state index contributed by atoms with van der Waals surface area (Å²) in [7, 11) is 0. The summed E-state index contributed by atoms with van der Waals surface area (Å²) in [6.45, 7) is 2.30. The Labute approximate surface area is 200 Å². The van der Waals surface area contributed by atoms with Gasteiger partial charge in [-0.15, -0.1) is 0 Å². The van der Waals surface area contributed by atoms with Crippen LogP contribution in [0.1, 0.15) is 34.5 Å². The lowest BCUT2D eigenvalue weighted by molar-refractivity contribution is -0.394. The fraction of sp³-hybridized carbons (Fsp3) is 0.292. The summed E-state index contributed by atoms with van der Waals surface area (Å²) in [5.74, 6) is 0.941. The maximum atomic E-state index is 13.3. The van der Waals surface area contributed by atoms with Gasteiger partial charge in [-0.3, -0.25) is 25.0 Å². The molecule has 3 heterocycles. The van der Waals surface area contributed by atoms with Crippen LogP contribution in [0.4, 0.5) is 17.2 Å². The van der Waals surface area contributed by atoms with Crippen LogP contribution in [0.3, 0.4) is 0 Å². The van der Waals surface area contributed by atoms with Crippen molar-refractivity contribution in [3.8, 4) is 11.4 Å². The van der Waals surface area contributed by atoms with Crippen molar-refractivity contribution >= 4 is 23.1 Å². The summed E-state index contributed by atoms with van der Waals surface area (Å²) in [5.41, 5.74) is 1.57. The maximum absolute atomic E-state index is 13.3. The first-order chi connectivity index (χ1) is 16.9. The zero-order valence-electron chi connectivity index (χ0n) is 18.8. The average Bonchev–Trinajstić information content (AvgIpc) is 3.42. The first-order valence-corrected chi connectivity index (χ1v) is 11.3. The molecule has 0 spiro atoms. The third kappa shape index (κ3) is 4.39. The van der Waals surface area contributed by atoms with Gasteiger partial charge in [-0.25, -0.2) is 9.97 Å². The van der Waals surface area contributed by atoms with Crippen LogP contribution in [0.2, 0.25) is 0 Å². The summed E-state index contributed by atoms with van der Waals surface area (Å²) < 4.78 is 0. The highest BCUT2D eigenvalue weighted by Crippen LogP contribution is 2.32. The SMILES string of the molecule is O=C(c1cc([N+](=O)[O-])cc([N+](=O)[O-])c1)N1CCc2nc(-c3ccccc3)nc(N3CCCC3)c2C1. The summed E-state index contributed by atoms with van der Waals surface area (Å²) in [5, 5.41) is 22.5. The van der Waals surface area contributed by atoms with Crippen molar-refractivity contribution in [3.05, 3.63) is 85.6 Å². The van der Waals surface area contributed by atoms with E-state index in [1.165, 1.54) is 0 Å². The number of amides is 1. The quantitative estimate of drug-likeness (QED) is 0.403. The van der Waals surface area contributed by atoms with E-state index >= 15 is 0 Å². The largest absolute Gasteiger partial charge is 0.356 e. The molecule has 0 bridgehead atoms. The van der Waals surface area contributed by atoms with Crippen LogP contribution in [0.25, 0.3) is 11.4 Å². The van der Waals surface area contributed by atoms with Gasteiger partial charge in [-0.2, -0.15) is 0 Å². The van der Waals surface area contributed by atoms with Gasteiger partial charge in [-0.1, -0.05) is 30.3 Å². The number of carbonyl (C=O) groups is 1. The number of hydrogen-bond donors (Lipinski definition) is 0. The van der Waals surface area contributed by atoms with E-state index in [-0.39, 0.29) is 12.1 Å². The molecule has 0 saturated carbocycles. The normalized spacial score (nSPS) is 15.1. The van der Waals surface area contributed by atoms with Crippen molar-refractivity contribution in [2.75, 3.05) is 24.5 Å². The molecule has 0 aliphatic carbocycles. The van der Waals surface area contributed by atoms with Crippen LogP contribution in [0, 0.1) is 20.2 Å². The minimum Gasteiger partial charge on any atom is -0.356 e. The number of rotatable bonds is 5. The van der Waals surface area contributed by atoms with Crippen LogP contribution < -0.4 is 4.90 Å². The van der Waals surface area contributed by atoms with Crippen molar-refractivity contribution in [1.82, 2.24) is 14.9 Å². The van der Waals surface area contributed by atoms with Gasteiger partial charge >= 0.3 is 0 Å². The van der Waals surface area contributed by atoms with E-state index < -0.39 is 27.1 Å². The number of nitro groups is 2. The molecule has 11 heteroatoms. The topological polar surface area (TPSA) is 136 Å². The molecule has 0 unspecified atom stereocenters. The van der Waals surface area contributed by atoms with E-state index in [0.717, 1.165) is 66.8 Å². The van der Waals surface area contributed by atoms with Gasteiger partial charge in [0, 0.05) is 49.3 Å². The summed E-state index contributed by atoms with van der Waals surface area (Å²) in [4.78, 5) is 47.8. The molecule has 3 aromatic rings. The second-order valence-electron chi connectivity index (χ2n) is 8.59. The predicted molar refractivity (Wildman–Crippen MR) is 127 cm³/mol. The highest BCUT2D eigenvalue weighted by Gasteiger charge is 2.30. The Hall–Kier alpha value is -4.41. The Bertz CT molecular complexity index is 1290. The van der Waals surface area contributed by atoms with Gasteiger partial charge in [0.2, 0.25) is 0 Å². The Balaban J connectivity index is 1.51. The fourth-order valence-corrected chi connectivity index (χ4v) is 4.59. The summed E-state index contributed by atoms with van der Waals surface area (Å²) in [6.07, 6.45) is 2.60. The van der Waals surface area contributed by atoms with Gasteiger partial charge < -0.3 is 9.80 Å². The van der Waals surface area contributed by atoms with E-state index in [4.69, 9.17) is 9.97 Å². The van der Waals surface area contributed by atoms with Crippen molar-refractivity contribution in [3.63, 3.8) is 0 Å². The van der Waals surface area contributed by atoms with Crippen LogP contribution in [-0.2, 0) is 13.0 Å². The van der Waals surface area contributed by atoms with Gasteiger partial charge in [-0.05, 0) is 12.8 Å². The molecule has 1 saturated heterocycles. The molecule has 1 amide bonds. The Kier molecular flexibility index (Phi) is 5.81. The molecule has 0 N–H and O–H groups in total. The standard InChI is InChI=1S/C24H22N6O5/c31-24(17-12-18(29(32)33)14-19(13-17)30(34)35)28-11-8-21-20(15-28)23(27-9-4-5-10-27)26-22(25-21)16-6-2-1-3-7-16/h1-3,6-7,12-14H,4-5,8-11,15H2. The third-order valence-corrected chi connectivity index (χ3v) is 6.33. The lowest BCUT2D eigenvalue weighted by atomic mass is 10.0. The van der Waals surface area contributed by atoms with Gasteiger partial charge in [0.1, 0.15) is 5.82 Å². The van der Waals surface area contributed by atoms with E-state index in [1.54, 1.807) is 4.90 Å². The van der Waals surface area contributed by atoms with Crippen LogP contribution >= 0.6 is 0 Å². The predicted octanol–water partition coefficient (Wildman–Crippen LogP) is 3.76. The Morgan fingerprint density at radius 3 is 2.17 bits per heavy atom. The smallest absolute Gasteiger partial charge is 0.277 e. The zero-order chi connectivity index (χ0) is 24.5. The van der Waals surface area contributed by atoms with Crippen LogP contribution in [-0.4, -0.2) is 50.3 Å². The van der Waals surface area contributed by atoms with E-state index in [0.29, 0.717) is 18.8 Å². The molecule has 1 aromatic heterocycles. The molecular formula is C24H22N6O5. The lowest BCUT2D eigenvalue weighted by Crippen LogP contribution is -2.38. The first kappa shape index (κ1) is 22.4. The maximum Gasteiger partial charge on any atom is 0.277 e. The van der Waals surface area contributed by atoms with E-state index in [2.05, 4.69) is 4.90 Å². The monoisotopic (exact) mass is 474 g/mol. The van der Waals surface area contributed by atoms with Gasteiger partial charge in [0.25, 0.3) is 17.3 Å². The second kappa shape index (κ2) is 9.09. The first-order valence-electron chi connectivity index (χ1n) is 11.3. The summed E-state index contributed by atoms with van der Waals surface area (Å²) in [6, 6.07) is 12.8. The van der Waals surface area contributed by atoms with Crippen molar-refractivity contribution in [2.45, 2.75) is 25.8 Å². The molecule has 2 aliphatic heterocycles. The number of hydrogen-bond acceptors (Lipinski definition) is 8. The molecule has 2 aromatic carbocycles. The number of anilines is 1. The number of nitrogens with zero attached hydrogens (tertiary/aromatic N) is 6. The molecular weight excluding hydrogens is 452 g/mol. The minimum absolute atomic E-state index is 0.0844. The third-order valence-electron chi connectivity index (χ3n) is 6.33. The average molecular weight is 474 g/mol. The van der Waals surface area contributed by atoms with Crippen molar-refractivity contribution in [1.29, 1.82) is 0 Å². The van der Waals surface area contributed by atoms with Crippen molar-refractivity contribution in [2.24, 2.45) is 0 Å². The molecule has 0 atom stereocenters. The van der Waals surface area contributed by atoms with Crippen molar-refractivity contribution < 1.29 is 14.6 Å². The zero-order valence-corrected chi connectivity index (χ0v) is 18.8. The van der Waals surface area contributed by atoms with E-state index in [1.807, 2.05) is 30.3 Å². The minimum atomic E-state index is -0.736. The number of non-ortho nitro benzene ring substituents is 2. The molecule has 178 valence electrons. The highest BCUT2D eigenvalue weighted by atomic mass is 16.6. The lowest BCUT2D eigenvalue weighted by Gasteiger charge is -2.32. The molecule has 5 rings (SSSR count). The molecule has 0 radical (unpaired) electrons. The van der Waals surface area contributed by atoms with Crippen LogP contribution in [0.15, 0.2) is 48.5 Å². The highest BCUT2D eigenvalue weighted by molar-refractivity contribution is 5.96. The van der Waals surface area contributed by atoms with E-state index in [9.17, 15) is 25.0 Å². The van der Waals surface area contributed by atoms with Crippen LogP contribution in [0.5, 0.6) is 0 Å². The molecule has 11 nitrogen and oxygen atoms in total. The Morgan fingerprint density at radius 2 is 1.54 bits per heavy atom. The second-order valence-corrected chi connectivity index (χ2v) is 8.59. The van der Waals surface area contributed by atoms with Gasteiger partial charge in [0.15, 0.2) is 5.82 Å². The number of fused-ring (bicyclic) bond motifs is 1. The molecule has 2 aliphatic rings. The summed E-state index contributed by atoms with van der Waals surface area (Å²) >= 11 is 0. The number of nitro benzene ring substituents is 2. The number of carbonyl (C=O) groups excluding carboxylic acids is 1. The number of aromatic nitrogens is 2. The molecule has 35 heavy (non-hydrogen) atoms.